The molecule has 6 nitrogen and oxygen atoms in total. The van der Waals surface area contributed by atoms with E-state index >= 15 is 0 Å². The molecule has 1 saturated carbocycles. The van der Waals surface area contributed by atoms with Gasteiger partial charge in [0.25, 0.3) is 5.91 Å². The van der Waals surface area contributed by atoms with Gasteiger partial charge < -0.3 is 5.32 Å². The van der Waals surface area contributed by atoms with Crippen molar-refractivity contribution in [3.8, 4) is 11.8 Å². The molecule has 2 aromatic heterocycles. The van der Waals surface area contributed by atoms with Gasteiger partial charge in [-0.3, -0.25) is 9.78 Å². The lowest BCUT2D eigenvalue weighted by Gasteiger charge is -2.30. The number of hydrogen-bond acceptors (Lipinski definition) is 4. The number of pyridine rings is 1. The maximum atomic E-state index is 12.8. The topological polar surface area (TPSA) is 83.6 Å². The van der Waals surface area contributed by atoms with Crippen molar-refractivity contribution in [2.45, 2.75) is 50.6 Å². The zero-order chi connectivity index (χ0) is 23.6. The molecule has 33 heavy (non-hydrogen) atoms. The van der Waals surface area contributed by atoms with E-state index in [-0.39, 0.29) is 0 Å². The van der Waals surface area contributed by atoms with E-state index in [9.17, 15) is 23.2 Å². The number of aromatic nitrogens is 3. The monoisotopic (exact) mass is 453 g/mol. The molecule has 0 unspecified atom stereocenters. The summed E-state index contributed by atoms with van der Waals surface area (Å²) < 4.78 is 39.8. The highest BCUT2D eigenvalue weighted by molar-refractivity contribution is 6.04. The van der Waals surface area contributed by atoms with Crippen LogP contribution in [0.4, 0.5) is 18.9 Å². The summed E-state index contributed by atoms with van der Waals surface area (Å²) in [5.41, 5.74) is 1.07. The Morgan fingerprint density at radius 1 is 1.09 bits per heavy atom. The predicted octanol–water partition coefficient (Wildman–Crippen LogP) is 5.57. The average molecular weight is 453 g/mol. The van der Waals surface area contributed by atoms with Gasteiger partial charge in [0, 0.05) is 0 Å². The number of alkyl halides is 3. The van der Waals surface area contributed by atoms with Crippen LogP contribution in [0.2, 0.25) is 0 Å². The minimum Gasteiger partial charge on any atom is -0.320 e. The number of nitrogens with one attached hydrogen (secondary N) is 1. The molecule has 1 N–H and O–H groups in total. The maximum absolute atomic E-state index is 12.8. The summed E-state index contributed by atoms with van der Waals surface area (Å²) in [6, 6.07) is 10.5. The molecular formula is C24H22F3N5O. The van der Waals surface area contributed by atoms with Crippen molar-refractivity contribution in [3.63, 3.8) is 0 Å². The lowest BCUT2D eigenvalue weighted by Crippen LogP contribution is -2.28. The molecule has 0 spiro atoms. The lowest BCUT2D eigenvalue weighted by atomic mass is 9.73. The summed E-state index contributed by atoms with van der Waals surface area (Å²) in [4.78, 5) is 17.2. The standard InChI is InChI=1S/C24H22F3N5O/c1-16-20(14-30-32(16)19-8-5-17(6-9-19)24(25,26)27)22(33)31-18-7-10-21(29-13-18)23(15-28)11-3-2-4-12-23/h5-10,13-14H,2-4,11-12H2,1H3,(H,31,33). The predicted molar refractivity (Wildman–Crippen MR) is 116 cm³/mol. The number of hydrogen-bond donors (Lipinski definition) is 1. The number of nitriles is 1. The maximum Gasteiger partial charge on any atom is 0.416 e. The van der Waals surface area contributed by atoms with E-state index in [1.165, 1.54) is 29.2 Å². The second kappa shape index (κ2) is 8.70. The first-order valence-corrected chi connectivity index (χ1v) is 10.6. The number of halogens is 3. The molecule has 1 aromatic carbocycles. The highest BCUT2D eigenvalue weighted by Crippen LogP contribution is 2.38. The molecule has 1 aliphatic carbocycles. The van der Waals surface area contributed by atoms with Gasteiger partial charge >= 0.3 is 6.18 Å². The summed E-state index contributed by atoms with van der Waals surface area (Å²) >= 11 is 0. The van der Waals surface area contributed by atoms with Gasteiger partial charge in [0.1, 0.15) is 0 Å². The van der Waals surface area contributed by atoms with Crippen molar-refractivity contribution < 1.29 is 18.0 Å². The van der Waals surface area contributed by atoms with Crippen LogP contribution in [0.25, 0.3) is 5.69 Å². The van der Waals surface area contributed by atoms with Crippen molar-refractivity contribution in [2.24, 2.45) is 0 Å². The van der Waals surface area contributed by atoms with E-state index < -0.39 is 23.1 Å². The fraction of sp³-hybridized carbons (Fsp3) is 0.333. The molecule has 4 rings (SSSR count). The van der Waals surface area contributed by atoms with Gasteiger partial charge in [0.15, 0.2) is 0 Å². The van der Waals surface area contributed by atoms with Crippen LogP contribution in [0.1, 0.15) is 59.4 Å². The Balaban J connectivity index is 1.49. The van der Waals surface area contributed by atoms with Gasteiger partial charge in [-0.25, -0.2) is 4.68 Å². The van der Waals surface area contributed by atoms with Gasteiger partial charge in [-0.2, -0.15) is 23.5 Å². The van der Waals surface area contributed by atoms with Gasteiger partial charge in [-0.1, -0.05) is 19.3 Å². The van der Waals surface area contributed by atoms with Crippen LogP contribution in [-0.2, 0) is 11.6 Å². The molecule has 0 saturated heterocycles. The molecule has 1 amide bonds. The van der Waals surface area contributed by atoms with Crippen LogP contribution in [0.3, 0.4) is 0 Å². The number of carbonyl (C=O) groups is 1. The van der Waals surface area contributed by atoms with E-state index in [1.807, 2.05) is 0 Å². The number of carbonyl (C=O) groups excluding carboxylic acids is 1. The number of benzene rings is 1. The largest absolute Gasteiger partial charge is 0.416 e. The van der Waals surface area contributed by atoms with Crippen LogP contribution < -0.4 is 5.32 Å². The van der Waals surface area contributed by atoms with Crippen LogP contribution >= 0.6 is 0 Å². The molecule has 3 aromatic rings. The molecular weight excluding hydrogens is 431 g/mol. The molecule has 0 aliphatic heterocycles. The third kappa shape index (κ3) is 4.46. The van der Waals surface area contributed by atoms with Crippen molar-refractivity contribution in [3.05, 3.63) is 71.3 Å². The Bertz CT molecular complexity index is 1180. The Morgan fingerprint density at radius 2 is 1.79 bits per heavy atom. The fourth-order valence-electron chi connectivity index (χ4n) is 4.21. The quantitative estimate of drug-likeness (QED) is 0.560. The molecule has 2 heterocycles. The van der Waals surface area contributed by atoms with E-state index in [0.717, 1.165) is 44.2 Å². The third-order valence-corrected chi connectivity index (χ3v) is 6.13. The molecule has 0 bridgehead atoms. The molecule has 0 atom stereocenters. The lowest BCUT2D eigenvalue weighted by molar-refractivity contribution is -0.137. The Kier molecular flexibility index (Phi) is 5.93. The number of rotatable bonds is 4. The summed E-state index contributed by atoms with van der Waals surface area (Å²) in [6.45, 7) is 1.67. The second-order valence-corrected chi connectivity index (χ2v) is 8.24. The van der Waals surface area contributed by atoms with Crippen LogP contribution in [0, 0.1) is 18.3 Å². The summed E-state index contributed by atoms with van der Waals surface area (Å²) in [5, 5.41) is 16.6. The van der Waals surface area contributed by atoms with Crippen LogP contribution in [-0.4, -0.2) is 20.7 Å². The first-order valence-electron chi connectivity index (χ1n) is 10.6. The Morgan fingerprint density at radius 3 is 2.36 bits per heavy atom. The summed E-state index contributed by atoms with van der Waals surface area (Å²) in [6.07, 6.45) is 3.17. The molecule has 1 aliphatic rings. The van der Waals surface area contributed by atoms with Gasteiger partial charge in [-0.15, -0.1) is 0 Å². The first kappa shape index (κ1) is 22.5. The Hall–Kier alpha value is -3.67. The van der Waals surface area contributed by atoms with E-state index in [1.54, 1.807) is 19.1 Å². The average Bonchev–Trinajstić information content (AvgIpc) is 3.21. The van der Waals surface area contributed by atoms with Gasteiger partial charge in [0.05, 0.1) is 57.8 Å². The fourth-order valence-corrected chi connectivity index (χ4v) is 4.21. The van der Waals surface area contributed by atoms with Crippen molar-refractivity contribution >= 4 is 11.6 Å². The van der Waals surface area contributed by atoms with E-state index in [2.05, 4.69) is 21.5 Å². The number of anilines is 1. The highest BCUT2D eigenvalue weighted by Gasteiger charge is 2.35. The first-order chi connectivity index (χ1) is 15.7. The van der Waals surface area contributed by atoms with E-state index in [4.69, 9.17) is 0 Å². The number of amides is 1. The smallest absolute Gasteiger partial charge is 0.320 e. The van der Waals surface area contributed by atoms with E-state index in [0.29, 0.717) is 28.3 Å². The SMILES string of the molecule is Cc1c(C(=O)Nc2ccc(C3(C#N)CCCCC3)nc2)cnn1-c1ccc(C(F)(F)F)cc1. The van der Waals surface area contributed by atoms with Crippen molar-refractivity contribution in [1.82, 2.24) is 14.8 Å². The van der Waals surface area contributed by atoms with Crippen LogP contribution in [0.5, 0.6) is 0 Å². The minimum absolute atomic E-state index is 0.291. The second-order valence-electron chi connectivity index (χ2n) is 8.24. The minimum atomic E-state index is -4.42. The van der Waals surface area contributed by atoms with Crippen molar-refractivity contribution in [1.29, 1.82) is 5.26 Å². The number of nitrogens with zero attached hydrogens (tertiary/aromatic N) is 4. The molecule has 9 heteroatoms. The molecule has 170 valence electrons. The van der Waals surface area contributed by atoms with Crippen molar-refractivity contribution in [2.75, 3.05) is 5.32 Å². The normalized spacial score (nSPS) is 15.6. The molecule has 0 radical (unpaired) electrons. The van der Waals surface area contributed by atoms with Gasteiger partial charge in [-0.05, 0) is 56.2 Å². The zero-order valence-corrected chi connectivity index (χ0v) is 18.0. The highest BCUT2D eigenvalue weighted by atomic mass is 19.4. The molecule has 1 fully saturated rings. The summed E-state index contributed by atoms with van der Waals surface area (Å²) in [7, 11) is 0. The van der Waals surface area contributed by atoms with Gasteiger partial charge in [0.2, 0.25) is 0 Å². The Labute approximate surface area is 189 Å². The van der Waals surface area contributed by atoms with Crippen LogP contribution in [0.15, 0.2) is 48.8 Å². The summed E-state index contributed by atoms with van der Waals surface area (Å²) in [5.74, 6) is -0.409. The third-order valence-electron chi connectivity index (χ3n) is 6.13. The zero-order valence-electron chi connectivity index (χ0n) is 18.0.